The Balaban J connectivity index is 2.31. The minimum atomic E-state index is -0.498. The fraction of sp³-hybridized carbons (Fsp3) is 0.370. The number of hydrogen-bond donors (Lipinski definition) is 3. The van der Waals surface area contributed by atoms with E-state index in [0.29, 0.717) is 70.4 Å². The van der Waals surface area contributed by atoms with E-state index in [2.05, 4.69) is 34.3 Å². The van der Waals surface area contributed by atoms with E-state index in [1.54, 1.807) is 32.3 Å². The van der Waals surface area contributed by atoms with Crippen LogP contribution >= 0.6 is 11.5 Å². The number of benzene rings is 1. The Bertz CT molecular complexity index is 1230. The molecule has 0 radical (unpaired) electrons. The van der Waals surface area contributed by atoms with Gasteiger partial charge in [-0.3, -0.25) is 4.79 Å². The van der Waals surface area contributed by atoms with Gasteiger partial charge in [0.05, 0.1) is 18.8 Å². The molecule has 0 fully saturated rings. The van der Waals surface area contributed by atoms with Gasteiger partial charge in [-0.25, -0.2) is 20.4 Å². The van der Waals surface area contributed by atoms with E-state index >= 15 is 0 Å². The molecule has 11 nitrogen and oxygen atoms in total. The molecule has 0 aliphatic carbocycles. The molecule has 39 heavy (non-hydrogen) atoms. The third kappa shape index (κ3) is 9.55. The highest BCUT2D eigenvalue weighted by atomic mass is 32.1. The molecule has 208 valence electrons. The molecular weight excluding hydrogens is 520 g/mol. The van der Waals surface area contributed by atoms with Crippen LogP contribution in [0.15, 0.2) is 42.5 Å². The summed E-state index contributed by atoms with van der Waals surface area (Å²) >= 11 is 1.18. The number of amides is 1. The number of hydrogen-bond acceptors (Lipinski definition) is 10. The second-order valence-electron chi connectivity index (χ2n) is 8.76. The first-order valence-electron chi connectivity index (χ1n) is 12.4. The van der Waals surface area contributed by atoms with Crippen LogP contribution in [-0.2, 0) is 23.9 Å². The standard InChI is InChI=1S/C27H34N6O5S/c1-7-8-24(34)29-23-15-20(9-10-22(23)30-31-25-21(16-28)19(6)32-39-25)33(11-13-37-26(35)17(2)3)12-14-38-27(36)18(4)5/h9-10,15,30-31H,2,4,7-8,11-14H2,1,3,5-6H3,(H,29,34)/p+1. The van der Waals surface area contributed by atoms with Crippen LogP contribution in [-0.4, -0.2) is 48.5 Å². The van der Waals surface area contributed by atoms with Crippen molar-refractivity contribution in [2.24, 2.45) is 0 Å². The number of quaternary nitrogens is 1. The first kappa shape index (κ1) is 31.0. The van der Waals surface area contributed by atoms with Gasteiger partial charge in [-0.15, -0.1) is 0 Å². The quantitative estimate of drug-likeness (QED) is 0.0988. The van der Waals surface area contributed by atoms with Crippen LogP contribution in [0.1, 0.15) is 44.9 Å². The van der Waals surface area contributed by atoms with Crippen LogP contribution in [0.2, 0.25) is 0 Å². The molecule has 2 aromatic rings. The highest BCUT2D eigenvalue weighted by Gasteiger charge is 2.18. The zero-order chi connectivity index (χ0) is 28.9. The Morgan fingerprint density at radius 1 is 1.13 bits per heavy atom. The molecule has 0 saturated heterocycles. The van der Waals surface area contributed by atoms with Crippen molar-refractivity contribution >= 4 is 51.4 Å². The van der Waals surface area contributed by atoms with Crippen LogP contribution in [0.5, 0.6) is 0 Å². The average molecular weight is 556 g/mol. The number of aryl methyl sites for hydroxylation is 1. The topological polar surface area (TPSA) is 150 Å². The zero-order valence-electron chi connectivity index (χ0n) is 22.8. The highest BCUT2D eigenvalue weighted by Crippen LogP contribution is 2.27. The fourth-order valence-electron chi connectivity index (χ4n) is 3.27. The maximum Gasteiger partial charge on any atom is 0.333 e. The van der Waals surface area contributed by atoms with E-state index in [-0.39, 0.29) is 19.1 Å². The van der Waals surface area contributed by atoms with Crippen molar-refractivity contribution in [1.82, 2.24) is 4.37 Å². The van der Waals surface area contributed by atoms with Crippen molar-refractivity contribution in [3.63, 3.8) is 0 Å². The van der Waals surface area contributed by atoms with Crippen LogP contribution in [0.25, 0.3) is 0 Å². The van der Waals surface area contributed by atoms with Crippen LogP contribution in [0, 0.1) is 18.3 Å². The van der Waals surface area contributed by atoms with Gasteiger partial charge in [-0.1, -0.05) is 20.1 Å². The van der Waals surface area contributed by atoms with Crippen molar-refractivity contribution < 1.29 is 29.3 Å². The van der Waals surface area contributed by atoms with E-state index in [0.717, 1.165) is 0 Å². The number of nitrogen functional groups attached to an aromatic ring is 1. The monoisotopic (exact) mass is 555 g/mol. The predicted octanol–water partition coefficient (Wildman–Crippen LogP) is 3.33. The van der Waals surface area contributed by atoms with E-state index in [1.807, 2.05) is 24.0 Å². The summed E-state index contributed by atoms with van der Waals surface area (Å²) < 4.78 is 14.7. The number of ether oxygens (including phenoxy) is 2. The minimum absolute atomic E-state index is 0.0781. The lowest BCUT2D eigenvalue weighted by Gasteiger charge is -2.25. The molecule has 0 atom stereocenters. The molecule has 0 saturated carbocycles. The average Bonchev–Trinajstić information content (AvgIpc) is 3.25. The molecule has 1 aromatic carbocycles. The van der Waals surface area contributed by atoms with Crippen LogP contribution in [0.3, 0.4) is 0 Å². The summed E-state index contributed by atoms with van der Waals surface area (Å²) in [6.07, 6.45) is 1.03. The number of carbonyl (C=O) groups is 3. The third-order valence-electron chi connectivity index (χ3n) is 5.37. The second kappa shape index (κ2) is 15.3. The number of esters is 2. The van der Waals surface area contributed by atoms with Gasteiger partial charge >= 0.3 is 11.9 Å². The van der Waals surface area contributed by atoms with Crippen molar-refractivity contribution in [3.05, 3.63) is 53.8 Å². The largest absolute Gasteiger partial charge is 0.460 e. The fourth-order valence-corrected chi connectivity index (χ4v) is 3.99. The molecule has 0 aliphatic rings. The van der Waals surface area contributed by atoms with Gasteiger partial charge in [-0.05, 0) is 50.9 Å². The minimum Gasteiger partial charge on any atom is -0.460 e. The van der Waals surface area contributed by atoms with Crippen molar-refractivity contribution in [2.45, 2.75) is 40.5 Å². The molecule has 0 spiro atoms. The first-order valence-corrected chi connectivity index (χ1v) is 13.1. The lowest BCUT2D eigenvalue weighted by molar-refractivity contribution is -0.537. The molecule has 0 unspecified atom stereocenters. The Morgan fingerprint density at radius 3 is 2.28 bits per heavy atom. The molecule has 1 aromatic heterocycles. The van der Waals surface area contributed by atoms with Gasteiger partial charge in [0.25, 0.3) is 0 Å². The van der Waals surface area contributed by atoms with E-state index < -0.39 is 11.9 Å². The van der Waals surface area contributed by atoms with Gasteiger partial charge in [-0.2, -0.15) is 9.64 Å². The van der Waals surface area contributed by atoms with Crippen molar-refractivity contribution in [2.75, 3.05) is 41.9 Å². The summed E-state index contributed by atoms with van der Waals surface area (Å²) in [6, 6.07) is 7.60. The highest BCUT2D eigenvalue weighted by molar-refractivity contribution is 7.10. The SMILES string of the molecule is C=C(C)C(=O)OCCN(CCOC(=O)C(=C)C)c1ccc([NH2+]Nc2snc(C)c2C#N)c(NC(=O)CCC)c1. The lowest BCUT2D eigenvalue weighted by Crippen LogP contribution is -2.82. The smallest absolute Gasteiger partial charge is 0.333 e. The Labute approximate surface area is 232 Å². The van der Waals surface area contributed by atoms with Crippen LogP contribution in [0.4, 0.5) is 22.1 Å². The molecule has 12 heteroatoms. The van der Waals surface area contributed by atoms with E-state index in [9.17, 15) is 19.6 Å². The zero-order valence-corrected chi connectivity index (χ0v) is 23.6. The molecule has 0 bridgehead atoms. The van der Waals surface area contributed by atoms with Gasteiger partial charge in [0, 0.05) is 29.3 Å². The number of anilines is 3. The summed E-state index contributed by atoms with van der Waals surface area (Å²) in [5, 5.41) is 13.0. The number of nitrogens with one attached hydrogen (secondary N) is 2. The van der Waals surface area contributed by atoms with E-state index in [1.165, 1.54) is 11.5 Å². The third-order valence-corrected chi connectivity index (χ3v) is 6.24. The number of nitrogens with zero attached hydrogens (tertiary/aromatic N) is 3. The number of nitrogens with two attached hydrogens (primary N) is 1. The Kier molecular flexibility index (Phi) is 12.1. The second-order valence-corrected chi connectivity index (χ2v) is 9.54. The maximum absolute atomic E-state index is 12.5. The van der Waals surface area contributed by atoms with E-state index in [4.69, 9.17) is 9.47 Å². The molecular formula is C27H35N6O5S+. The Hall–Kier alpha value is -4.21. The molecule has 0 aliphatic heterocycles. The van der Waals surface area contributed by atoms with Gasteiger partial charge in [0.15, 0.2) is 10.7 Å². The summed E-state index contributed by atoms with van der Waals surface area (Å²) in [6.45, 7) is 14.8. The predicted molar refractivity (Wildman–Crippen MR) is 151 cm³/mol. The maximum atomic E-state index is 12.5. The van der Waals surface area contributed by atoms with Gasteiger partial charge < -0.3 is 19.7 Å². The molecule has 1 amide bonds. The van der Waals surface area contributed by atoms with Gasteiger partial charge in [0.1, 0.15) is 30.5 Å². The number of aromatic nitrogens is 1. The molecule has 1 heterocycles. The lowest BCUT2D eigenvalue weighted by atomic mass is 10.2. The number of rotatable bonds is 15. The van der Waals surface area contributed by atoms with Crippen LogP contribution < -0.4 is 21.1 Å². The summed E-state index contributed by atoms with van der Waals surface area (Å²) in [4.78, 5) is 38.1. The van der Waals surface area contributed by atoms with Gasteiger partial charge in [0.2, 0.25) is 5.91 Å². The normalized spacial score (nSPS) is 10.2. The summed E-state index contributed by atoms with van der Waals surface area (Å²) in [5.41, 5.74) is 8.45. The van der Waals surface area contributed by atoms with Crippen molar-refractivity contribution in [3.8, 4) is 6.07 Å². The summed E-state index contributed by atoms with van der Waals surface area (Å²) in [5.74, 6) is -1.14. The van der Waals surface area contributed by atoms with Crippen molar-refractivity contribution in [1.29, 1.82) is 5.26 Å². The first-order chi connectivity index (χ1) is 18.6. The number of carbonyl (C=O) groups excluding carboxylic acids is 3. The Morgan fingerprint density at radius 2 is 1.74 bits per heavy atom. The number of nitriles is 1. The molecule has 2 rings (SSSR count). The summed E-state index contributed by atoms with van der Waals surface area (Å²) in [7, 11) is 0. The molecule has 4 N–H and O–H groups in total.